The van der Waals surface area contributed by atoms with Crippen molar-refractivity contribution >= 4 is 22.8 Å². The van der Waals surface area contributed by atoms with Gasteiger partial charge in [0.25, 0.3) is 0 Å². The largest absolute Gasteiger partial charge is 0.507 e. The summed E-state index contributed by atoms with van der Waals surface area (Å²) < 4.78 is 0. The number of aliphatic imine (C=N–C) groups is 1. The Hall–Kier alpha value is -2.68. The van der Waals surface area contributed by atoms with E-state index in [9.17, 15) is 5.11 Å². The van der Waals surface area contributed by atoms with Gasteiger partial charge >= 0.3 is 0 Å². The van der Waals surface area contributed by atoms with Gasteiger partial charge in [0.15, 0.2) is 0 Å². The molecule has 0 saturated heterocycles. The summed E-state index contributed by atoms with van der Waals surface area (Å²) in [5.41, 5.74) is 4.48. The van der Waals surface area contributed by atoms with Gasteiger partial charge in [-0.2, -0.15) is 0 Å². The number of aromatic nitrogens is 1. The highest BCUT2D eigenvalue weighted by Crippen LogP contribution is 2.36. The van der Waals surface area contributed by atoms with Gasteiger partial charge in [-0.25, -0.2) is 0 Å². The molecule has 0 aliphatic heterocycles. The molecule has 0 saturated carbocycles. The third-order valence-electron chi connectivity index (χ3n) is 4.78. The average Bonchev–Trinajstić information content (AvgIpc) is 2.58. The molecule has 1 N–H and O–H groups in total. The minimum absolute atomic E-state index is 0.0350. The molecular weight excluding hydrogens is 332 g/mol. The van der Waals surface area contributed by atoms with E-state index in [4.69, 9.17) is 0 Å². The topological polar surface area (TPSA) is 45.5 Å². The van der Waals surface area contributed by atoms with Gasteiger partial charge < -0.3 is 5.11 Å². The first kappa shape index (κ1) is 19.1. The number of hydrogen-bond donors (Lipinski definition) is 1. The first-order valence-electron chi connectivity index (χ1n) is 9.33. The molecule has 0 aliphatic carbocycles. The molecule has 0 amide bonds. The van der Waals surface area contributed by atoms with Crippen LogP contribution in [0, 0.1) is 0 Å². The fourth-order valence-corrected chi connectivity index (χ4v) is 3.15. The van der Waals surface area contributed by atoms with Gasteiger partial charge in [-0.05, 0) is 40.2 Å². The molecule has 0 aliphatic rings. The van der Waals surface area contributed by atoms with Crippen LogP contribution in [0.2, 0.25) is 0 Å². The van der Waals surface area contributed by atoms with E-state index in [0.29, 0.717) is 0 Å². The summed E-state index contributed by atoms with van der Waals surface area (Å²) in [4.78, 5) is 9.14. The Morgan fingerprint density at radius 1 is 0.926 bits per heavy atom. The Balaban J connectivity index is 2.15. The molecule has 1 heterocycles. The highest BCUT2D eigenvalue weighted by atomic mass is 16.3. The van der Waals surface area contributed by atoms with Crippen molar-refractivity contribution in [3.63, 3.8) is 0 Å². The first-order valence-corrected chi connectivity index (χ1v) is 9.33. The predicted octanol–water partition coefficient (Wildman–Crippen LogP) is 6.29. The van der Waals surface area contributed by atoms with Crippen LogP contribution in [0.5, 0.6) is 5.75 Å². The quantitative estimate of drug-likeness (QED) is 0.546. The predicted molar refractivity (Wildman–Crippen MR) is 115 cm³/mol. The Morgan fingerprint density at radius 3 is 2.30 bits per heavy atom. The molecule has 3 nitrogen and oxygen atoms in total. The summed E-state index contributed by atoms with van der Waals surface area (Å²) in [6.45, 7) is 12.9. The molecule has 1 aromatic heterocycles. The van der Waals surface area contributed by atoms with E-state index in [2.05, 4.69) is 57.6 Å². The lowest BCUT2D eigenvalue weighted by molar-refractivity contribution is 0.464. The van der Waals surface area contributed by atoms with Crippen LogP contribution in [-0.4, -0.2) is 16.3 Å². The Bertz CT molecular complexity index is 1000. The molecule has 0 radical (unpaired) electrons. The normalized spacial score (nSPS) is 12.8. The van der Waals surface area contributed by atoms with Gasteiger partial charge in [-0.1, -0.05) is 65.8 Å². The van der Waals surface area contributed by atoms with Crippen LogP contribution in [0.15, 0.2) is 53.7 Å². The van der Waals surface area contributed by atoms with Crippen molar-refractivity contribution in [1.82, 2.24) is 4.98 Å². The summed E-state index contributed by atoms with van der Waals surface area (Å²) in [5.74, 6) is 0.268. The third kappa shape index (κ3) is 4.02. The van der Waals surface area contributed by atoms with Crippen LogP contribution < -0.4 is 0 Å². The molecule has 3 aromatic rings. The van der Waals surface area contributed by atoms with Crippen LogP contribution >= 0.6 is 0 Å². The number of aromatic hydroxyl groups is 1. The van der Waals surface area contributed by atoms with Crippen LogP contribution in [-0.2, 0) is 10.8 Å². The molecular formula is C24H28N2O. The average molecular weight is 361 g/mol. The van der Waals surface area contributed by atoms with Gasteiger partial charge in [0, 0.05) is 23.4 Å². The standard InChI is InChI=1S/C24H28N2O/c1-23(2,3)17-13-19(24(4,5)6)18(21(27)14-17)15-26-20-11-7-9-16-10-8-12-25-22(16)20/h7-15,27H,1-6H3. The van der Waals surface area contributed by atoms with E-state index in [1.807, 2.05) is 36.4 Å². The molecule has 0 unspecified atom stereocenters. The molecule has 0 bridgehead atoms. The van der Waals surface area contributed by atoms with Gasteiger partial charge in [0.2, 0.25) is 0 Å². The fourth-order valence-electron chi connectivity index (χ4n) is 3.15. The zero-order valence-corrected chi connectivity index (χ0v) is 17.0. The van der Waals surface area contributed by atoms with Crippen molar-refractivity contribution in [3.8, 4) is 5.75 Å². The monoisotopic (exact) mass is 360 g/mol. The number of phenols is 1. The molecule has 2 aromatic carbocycles. The van der Waals surface area contributed by atoms with E-state index in [1.54, 1.807) is 12.4 Å². The zero-order valence-electron chi connectivity index (χ0n) is 17.0. The summed E-state index contributed by atoms with van der Waals surface area (Å²) in [6, 6.07) is 14.0. The molecule has 3 rings (SSSR count). The number of nitrogens with zero attached hydrogens (tertiary/aromatic N) is 2. The lowest BCUT2D eigenvalue weighted by atomic mass is 9.78. The number of benzene rings is 2. The smallest absolute Gasteiger partial charge is 0.124 e. The van der Waals surface area contributed by atoms with Gasteiger partial charge in [0.05, 0.1) is 11.2 Å². The second kappa shape index (κ2) is 6.80. The number of para-hydroxylation sites is 1. The van der Waals surface area contributed by atoms with Crippen molar-refractivity contribution in [2.24, 2.45) is 4.99 Å². The number of pyridine rings is 1. The summed E-state index contributed by atoms with van der Waals surface area (Å²) >= 11 is 0. The van der Waals surface area contributed by atoms with E-state index < -0.39 is 0 Å². The number of hydrogen-bond acceptors (Lipinski definition) is 3. The van der Waals surface area contributed by atoms with Crippen molar-refractivity contribution < 1.29 is 5.11 Å². The number of rotatable bonds is 2. The number of phenolic OH excluding ortho intramolecular Hbond substituents is 1. The molecule has 3 heteroatoms. The lowest BCUT2D eigenvalue weighted by Gasteiger charge is -2.27. The summed E-state index contributed by atoms with van der Waals surface area (Å²) in [7, 11) is 0. The van der Waals surface area contributed by atoms with E-state index >= 15 is 0 Å². The van der Waals surface area contributed by atoms with Crippen LogP contribution in [0.3, 0.4) is 0 Å². The van der Waals surface area contributed by atoms with E-state index in [1.165, 1.54) is 0 Å². The van der Waals surface area contributed by atoms with E-state index in [0.717, 1.165) is 33.3 Å². The van der Waals surface area contributed by atoms with Crippen molar-refractivity contribution in [2.45, 2.75) is 52.4 Å². The van der Waals surface area contributed by atoms with Gasteiger partial charge in [-0.15, -0.1) is 0 Å². The van der Waals surface area contributed by atoms with Gasteiger partial charge in [0.1, 0.15) is 5.75 Å². The zero-order chi connectivity index (χ0) is 19.8. The minimum Gasteiger partial charge on any atom is -0.507 e. The Labute approximate surface area is 161 Å². The van der Waals surface area contributed by atoms with Crippen molar-refractivity contribution in [2.75, 3.05) is 0 Å². The highest BCUT2D eigenvalue weighted by molar-refractivity contribution is 5.94. The molecule has 0 spiro atoms. The second-order valence-electron chi connectivity index (χ2n) is 9.07. The maximum Gasteiger partial charge on any atom is 0.124 e. The molecule has 27 heavy (non-hydrogen) atoms. The van der Waals surface area contributed by atoms with Crippen LogP contribution in [0.4, 0.5) is 5.69 Å². The SMILES string of the molecule is CC(C)(C)c1cc(O)c(C=Nc2cccc3cccnc23)c(C(C)(C)C)c1. The third-order valence-corrected chi connectivity index (χ3v) is 4.78. The summed E-state index contributed by atoms with van der Waals surface area (Å²) in [5, 5.41) is 11.8. The molecule has 0 fully saturated rings. The maximum absolute atomic E-state index is 10.8. The summed E-state index contributed by atoms with van der Waals surface area (Å²) in [6.07, 6.45) is 3.54. The van der Waals surface area contributed by atoms with Crippen LogP contribution in [0.1, 0.15) is 58.2 Å². The maximum atomic E-state index is 10.8. The molecule has 0 atom stereocenters. The van der Waals surface area contributed by atoms with E-state index in [-0.39, 0.29) is 16.6 Å². The Morgan fingerprint density at radius 2 is 1.63 bits per heavy atom. The first-order chi connectivity index (χ1) is 12.6. The fraction of sp³-hybridized carbons (Fsp3) is 0.333. The Kier molecular flexibility index (Phi) is 4.81. The number of fused-ring (bicyclic) bond motifs is 1. The van der Waals surface area contributed by atoms with Crippen molar-refractivity contribution in [3.05, 3.63) is 65.4 Å². The highest BCUT2D eigenvalue weighted by Gasteiger charge is 2.24. The van der Waals surface area contributed by atoms with Gasteiger partial charge in [-0.3, -0.25) is 9.98 Å². The lowest BCUT2D eigenvalue weighted by Crippen LogP contribution is -2.18. The second-order valence-corrected chi connectivity index (χ2v) is 9.07. The van der Waals surface area contributed by atoms with Crippen molar-refractivity contribution in [1.29, 1.82) is 0 Å². The molecule has 140 valence electrons. The minimum atomic E-state index is -0.114. The van der Waals surface area contributed by atoms with Crippen LogP contribution in [0.25, 0.3) is 10.9 Å².